The summed E-state index contributed by atoms with van der Waals surface area (Å²) in [4.78, 5) is 14.9. The van der Waals surface area contributed by atoms with Gasteiger partial charge in [0.25, 0.3) is 5.91 Å². The zero-order valence-corrected chi connectivity index (χ0v) is 15.0. The summed E-state index contributed by atoms with van der Waals surface area (Å²) < 4.78 is 32.0. The van der Waals surface area contributed by atoms with Crippen LogP contribution in [0.5, 0.6) is 0 Å². The molecule has 1 amide bonds. The fourth-order valence-corrected chi connectivity index (χ4v) is 4.67. The molecule has 0 unspecified atom stereocenters. The molecule has 0 aliphatic carbocycles. The van der Waals surface area contributed by atoms with Crippen molar-refractivity contribution in [3.05, 3.63) is 23.0 Å². The highest BCUT2D eigenvalue weighted by molar-refractivity contribution is 7.89. The highest BCUT2D eigenvalue weighted by atomic mass is 32.2. The van der Waals surface area contributed by atoms with Crippen molar-refractivity contribution in [2.75, 3.05) is 26.2 Å². The molecule has 130 valence electrons. The molecule has 0 saturated carbocycles. The molecule has 24 heavy (non-hydrogen) atoms. The van der Waals surface area contributed by atoms with Crippen molar-refractivity contribution in [3.8, 4) is 0 Å². The Morgan fingerprint density at radius 3 is 2.67 bits per heavy atom. The van der Waals surface area contributed by atoms with Crippen LogP contribution in [0.2, 0.25) is 0 Å². The smallest absolute Gasteiger partial charge is 0.267 e. The van der Waals surface area contributed by atoms with Gasteiger partial charge in [-0.05, 0) is 24.9 Å². The lowest BCUT2D eigenvalue weighted by Crippen LogP contribution is -2.37. The highest BCUT2D eigenvalue weighted by Gasteiger charge is 2.30. The summed E-state index contributed by atoms with van der Waals surface area (Å²) in [6, 6.07) is 0. The topological polar surface area (TPSA) is 101 Å². The molecule has 0 N–H and O–H groups in total. The number of aromatic nitrogens is 4. The summed E-state index contributed by atoms with van der Waals surface area (Å²) in [5.41, 5.74) is 0.606. The van der Waals surface area contributed by atoms with Crippen LogP contribution in [0.4, 0.5) is 0 Å². The Morgan fingerprint density at radius 2 is 2.04 bits per heavy atom. The van der Waals surface area contributed by atoms with Crippen LogP contribution >= 0.6 is 11.5 Å². The first-order chi connectivity index (χ1) is 11.4. The molecule has 11 heteroatoms. The summed E-state index contributed by atoms with van der Waals surface area (Å²) in [6.07, 6.45) is 3.40. The number of carbonyl (C=O) groups excluding carboxylic acids is 1. The Bertz CT molecular complexity index is 844. The average Bonchev–Trinajstić information content (AvgIpc) is 3.07. The summed E-state index contributed by atoms with van der Waals surface area (Å²) in [5, 5.41) is 7.78. The molecule has 2 aromatic rings. The normalized spacial score (nSPS) is 17.0. The molecule has 1 aliphatic rings. The maximum Gasteiger partial charge on any atom is 0.267 e. The van der Waals surface area contributed by atoms with E-state index in [1.807, 2.05) is 0 Å². The quantitative estimate of drug-likeness (QED) is 0.760. The first kappa shape index (κ1) is 17.0. The molecule has 0 bridgehead atoms. The fourth-order valence-electron chi connectivity index (χ4n) is 2.59. The van der Waals surface area contributed by atoms with Crippen molar-refractivity contribution in [1.82, 2.24) is 28.6 Å². The van der Waals surface area contributed by atoms with Crippen molar-refractivity contribution >= 4 is 27.5 Å². The molecule has 0 atom stereocenters. The number of carbonyl (C=O) groups is 1. The number of hydrogen-bond acceptors (Lipinski definition) is 7. The van der Waals surface area contributed by atoms with Gasteiger partial charge >= 0.3 is 0 Å². The standard InChI is InChI=1S/C13H18N6O3S2/c1-10-12(23-16-15-10)13(20)18-4-3-5-19(7-6-18)24(21,22)11-8-14-17(2)9-11/h8-9H,3-7H2,1-2H3. The Hall–Kier alpha value is -1.85. The minimum Gasteiger partial charge on any atom is -0.336 e. The van der Waals surface area contributed by atoms with Crippen molar-refractivity contribution in [1.29, 1.82) is 0 Å². The second-order valence-electron chi connectivity index (χ2n) is 5.59. The first-order valence-corrected chi connectivity index (χ1v) is 9.68. The Balaban J connectivity index is 1.73. The van der Waals surface area contributed by atoms with Crippen molar-refractivity contribution in [3.63, 3.8) is 0 Å². The van der Waals surface area contributed by atoms with Crippen LogP contribution < -0.4 is 0 Å². The predicted octanol–water partition coefficient (Wildman–Crippen LogP) is 0.117. The Kier molecular flexibility index (Phi) is 4.65. The minimum atomic E-state index is -3.59. The third-order valence-corrected chi connectivity index (χ3v) is 6.57. The summed E-state index contributed by atoms with van der Waals surface area (Å²) in [6.45, 7) is 3.23. The third kappa shape index (κ3) is 3.19. The molecule has 1 fully saturated rings. The predicted molar refractivity (Wildman–Crippen MR) is 87.1 cm³/mol. The molecule has 3 heterocycles. The van der Waals surface area contributed by atoms with Crippen LogP contribution in [0.3, 0.4) is 0 Å². The molecule has 2 aromatic heterocycles. The second-order valence-corrected chi connectivity index (χ2v) is 8.28. The van der Waals surface area contributed by atoms with Crippen molar-refractivity contribution in [2.45, 2.75) is 18.2 Å². The van der Waals surface area contributed by atoms with Gasteiger partial charge in [-0.15, -0.1) is 5.10 Å². The third-order valence-electron chi connectivity index (χ3n) is 3.91. The van der Waals surface area contributed by atoms with E-state index >= 15 is 0 Å². The number of sulfonamides is 1. The van der Waals surface area contributed by atoms with Gasteiger partial charge in [-0.25, -0.2) is 8.42 Å². The number of amides is 1. The van der Waals surface area contributed by atoms with E-state index in [2.05, 4.69) is 14.7 Å². The van der Waals surface area contributed by atoms with E-state index < -0.39 is 10.0 Å². The molecule has 0 aromatic carbocycles. The number of rotatable bonds is 3. The number of aryl methyl sites for hydroxylation is 2. The fraction of sp³-hybridized carbons (Fsp3) is 0.538. The van der Waals surface area contributed by atoms with E-state index in [4.69, 9.17) is 0 Å². The van der Waals surface area contributed by atoms with Gasteiger partial charge in [-0.3, -0.25) is 9.48 Å². The number of nitrogens with zero attached hydrogens (tertiary/aromatic N) is 6. The van der Waals surface area contributed by atoms with E-state index in [0.717, 1.165) is 11.5 Å². The van der Waals surface area contributed by atoms with Crippen LogP contribution in [-0.2, 0) is 17.1 Å². The molecular formula is C13H18N6O3S2. The molecule has 0 radical (unpaired) electrons. The van der Waals surface area contributed by atoms with Gasteiger partial charge in [0.15, 0.2) is 0 Å². The molecule has 9 nitrogen and oxygen atoms in total. The lowest BCUT2D eigenvalue weighted by Gasteiger charge is -2.21. The van der Waals surface area contributed by atoms with Crippen molar-refractivity contribution < 1.29 is 13.2 Å². The summed E-state index contributed by atoms with van der Waals surface area (Å²) >= 11 is 1.07. The van der Waals surface area contributed by atoms with Gasteiger partial charge in [-0.1, -0.05) is 4.49 Å². The summed E-state index contributed by atoms with van der Waals surface area (Å²) in [7, 11) is -1.91. The van der Waals surface area contributed by atoms with Crippen LogP contribution in [0.1, 0.15) is 21.8 Å². The highest BCUT2D eigenvalue weighted by Crippen LogP contribution is 2.19. The van der Waals surface area contributed by atoms with Gasteiger partial charge in [0.05, 0.1) is 11.9 Å². The Labute approximate surface area is 144 Å². The molecule has 1 aliphatic heterocycles. The van der Waals surface area contributed by atoms with Gasteiger partial charge in [0.1, 0.15) is 9.77 Å². The average molecular weight is 370 g/mol. The minimum absolute atomic E-state index is 0.136. The monoisotopic (exact) mass is 370 g/mol. The van der Waals surface area contributed by atoms with Gasteiger partial charge < -0.3 is 4.90 Å². The largest absolute Gasteiger partial charge is 0.336 e. The first-order valence-electron chi connectivity index (χ1n) is 7.46. The van der Waals surface area contributed by atoms with Crippen LogP contribution in [0, 0.1) is 6.92 Å². The van der Waals surface area contributed by atoms with Crippen LogP contribution in [0.15, 0.2) is 17.3 Å². The Morgan fingerprint density at radius 1 is 1.25 bits per heavy atom. The molecular weight excluding hydrogens is 352 g/mol. The zero-order chi connectivity index (χ0) is 17.3. The zero-order valence-electron chi connectivity index (χ0n) is 13.4. The maximum absolute atomic E-state index is 12.7. The SMILES string of the molecule is Cc1nnsc1C(=O)N1CCCN(S(=O)(=O)c2cnn(C)c2)CC1. The molecule has 1 saturated heterocycles. The van der Waals surface area contributed by atoms with Gasteiger partial charge in [-0.2, -0.15) is 9.40 Å². The van der Waals surface area contributed by atoms with E-state index in [1.165, 1.54) is 21.4 Å². The number of hydrogen-bond donors (Lipinski definition) is 0. The lowest BCUT2D eigenvalue weighted by atomic mass is 10.3. The van der Waals surface area contributed by atoms with E-state index in [-0.39, 0.29) is 17.3 Å². The van der Waals surface area contributed by atoms with E-state index in [0.29, 0.717) is 36.6 Å². The van der Waals surface area contributed by atoms with Gasteiger partial charge in [0.2, 0.25) is 10.0 Å². The van der Waals surface area contributed by atoms with Crippen LogP contribution in [-0.4, -0.2) is 69.1 Å². The van der Waals surface area contributed by atoms with E-state index in [1.54, 1.807) is 18.9 Å². The molecule has 0 spiro atoms. The maximum atomic E-state index is 12.7. The van der Waals surface area contributed by atoms with Gasteiger partial charge in [0, 0.05) is 39.4 Å². The summed E-state index contributed by atoms with van der Waals surface area (Å²) in [5.74, 6) is -0.136. The second kappa shape index (κ2) is 6.57. The van der Waals surface area contributed by atoms with Crippen molar-refractivity contribution in [2.24, 2.45) is 7.05 Å². The van der Waals surface area contributed by atoms with Crippen LogP contribution in [0.25, 0.3) is 0 Å². The molecule has 3 rings (SSSR count). The lowest BCUT2D eigenvalue weighted by molar-refractivity contribution is 0.0768. The van der Waals surface area contributed by atoms with E-state index in [9.17, 15) is 13.2 Å².